The van der Waals surface area contributed by atoms with E-state index in [1.807, 2.05) is 10.8 Å². The van der Waals surface area contributed by atoms with Gasteiger partial charge in [-0.15, -0.1) is 0 Å². The summed E-state index contributed by atoms with van der Waals surface area (Å²) in [5.74, 6) is -3.53. The highest BCUT2D eigenvalue weighted by molar-refractivity contribution is 6.44. The molecule has 0 fully saturated rings. The number of aromatic nitrogens is 2. The number of phenolic OH excluding ortho intramolecular Hbond substituents is 2. The van der Waals surface area contributed by atoms with Gasteiger partial charge in [0.15, 0.2) is 5.75 Å². The predicted octanol–water partition coefficient (Wildman–Crippen LogP) is 3.00. The van der Waals surface area contributed by atoms with Crippen LogP contribution >= 0.6 is 23.2 Å². The Bertz CT molecular complexity index is 1180. The van der Waals surface area contributed by atoms with Crippen LogP contribution in [0.4, 0.5) is 11.4 Å². The maximum absolute atomic E-state index is 12.4. The number of carbonyl (C=O) groups excluding carboxylic acids is 3. The summed E-state index contributed by atoms with van der Waals surface area (Å²) in [5, 5.41) is 27.1. The SMILES string of the molecule is O=C(Nc1cc(C(=O)NCCCn2ccnc2)ccc1O)C(=O)Nc1cc(Cl)cc(Cl)c1O. The van der Waals surface area contributed by atoms with Gasteiger partial charge in [-0.1, -0.05) is 23.2 Å². The van der Waals surface area contributed by atoms with Gasteiger partial charge in [-0.05, 0) is 36.8 Å². The third kappa shape index (κ3) is 6.37. The predicted molar refractivity (Wildman–Crippen MR) is 123 cm³/mol. The van der Waals surface area contributed by atoms with Crippen molar-refractivity contribution in [1.82, 2.24) is 14.9 Å². The Morgan fingerprint density at radius 1 is 1.00 bits per heavy atom. The first-order valence-corrected chi connectivity index (χ1v) is 10.4. The van der Waals surface area contributed by atoms with E-state index in [4.69, 9.17) is 23.2 Å². The van der Waals surface area contributed by atoms with Crippen molar-refractivity contribution < 1.29 is 24.6 Å². The lowest BCUT2D eigenvalue weighted by molar-refractivity contribution is -0.133. The van der Waals surface area contributed by atoms with Gasteiger partial charge in [-0.2, -0.15) is 0 Å². The van der Waals surface area contributed by atoms with E-state index in [1.165, 1.54) is 30.3 Å². The third-order valence-electron chi connectivity index (χ3n) is 4.43. The number of halogens is 2. The van der Waals surface area contributed by atoms with Crippen LogP contribution in [0.25, 0.3) is 0 Å². The van der Waals surface area contributed by atoms with Crippen molar-refractivity contribution in [3.05, 3.63) is 64.7 Å². The van der Waals surface area contributed by atoms with Gasteiger partial charge in [0.1, 0.15) is 5.75 Å². The number of aromatic hydroxyl groups is 2. The van der Waals surface area contributed by atoms with E-state index in [1.54, 1.807) is 12.5 Å². The number of hydrogen-bond acceptors (Lipinski definition) is 6. The molecule has 0 unspecified atom stereocenters. The summed E-state index contributed by atoms with van der Waals surface area (Å²) in [6.07, 6.45) is 5.83. The Balaban J connectivity index is 1.60. The van der Waals surface area contributed by atoms with E-state index in [9.17, 15) is 24.6 Å². The topological polar surface area (TPSA) is 146 Å². The van der Waals surface area contributed by atoms with Crippen LogP contribution in [-0.2, 0) is 16.1 Å². The number of rotatable bonds is 7. The average molecular weight is 492 g/mol. The third-order valence-corrected chi connectivity index (χ3v) is 4.93. The van der Waals surface area contributed by atoms with E-state index in [-0.39, 0.29) is 32.7 Å². The summed E-state index contributed by atoms with van der Waals surface area (Å²) < 4.78 is 1.88. The van der Waals surface area contributed by atoms with Crippen LogP contribution in [0.5, 0.6) is 11.5 Å². The molecule has 172 valence electrons. The minimum absolute atomic E-state index is 0.111. The van der Waals surface area contributed by atoms with Gasteiger partial charge < -0.3 is 30.7 Å². The molecule has 0 saturated carbocycles. The number of aryl methyl sites for hydroxylation is 1. The first kappa shape index (κ1) is 23.9. The van der Waals surface area contributed by atoms with Crippen molar-refractivity contribution in [1.29, 1.82) is 0 Å². The number of imidazole rings is 1. The Labute approximate surface area is 198 Å². The summed E-state index contributed by atoms with van der Waals surface area (Å²) >= 11 is 11.6. The first-order valence-electron chi connectivity index (χ1n) is 9.62. The molecule has 33 heavy (non-hydrogen) atoms. The van der Waals surface area contributed by atoms with Crippen LogP contribution in [0.3, 0.4) is 0 Å². The molecule has 10 nitrogen and oxygen atoms in total. The molecule has 0 aliphatic rings. The molecule has 0 aliphatic heterocycles. The van der Waals surface area contributed by atoms with Crippen LogP contribution in [0.15, 0.2) is 49.1 Å². The molecule has 12 heteroatoms. The van der Waals surface area contributed by atoms with Gasteiger partial charge >= 0.3 is 11.8 Å². The molecule has 0 radical (unpaired) electrons. The summed E-state index contributed by atoms with van der Waals surface area (Å²) in [6, 6.07) is 6.31. The van der Waals surface area contributed by atoms with Crippen LogP contribution in [0, 0.1) is 0 Å². The van der Waals surface area contributed by atoms with Crippen molar-refractivity contribution in [2.45, 2.75) is 13.0 Å². The van der Waals surface area contributed by atoms with Crippen LogP contribution in [0.1, 0.15) is 16.8 Å². The largest absolute Gasteiger partial charge is 0.506 e. The molecular weight excluding hydrogens is 473 g/mol. The highest BCUT2D eigenvalue weighted by atomic mass is 35.5. The number of benzene rings is 2. The highest BCUT2D eigenvalue weighted by Crippen LogP contribution is 2.35. The first-order chi connectivity index (χ1) is 15.7. The fraction of sp³-hybridized carbons (Fsp3) is 0.143. The second-order valence-electron chi connectivity index (χ2n) is 6.83. The van der Waals surface area contributed by atoms with Gasteiger partial charge in [0.25, 0.3) is 5.91 Å². The van der Waals surface area contributed by atoms with E-state index < -0.39 is 23.5 Å². The second-order valence-corrected chi connectivity index (χ2v) is 7.68. The number of nitrogens with zero attached hydrogens (tertiary/aromatic N) is 2. The number of anilines is 2. The zero-order valence-electron chi connectivity index (χ0n) is 17.0. The molecule has 1 aromatic heterocycles. The van der Waals surface area contributed by atoms with Crippen LogP contribution in [-0.4, -0.2) is 44.0 Å². The summed E-state index contributed by atoms with van der Waals surface area (Å²) in [5.41, 5.74) is -0.138. The van der Waals surface area contributed by atoms with E-state index in [2.05, 4.69) is 20.9 Å². The van der Waals surface area contributed by atoms with Gasteiger partial charge in [0, 0.05) is 36.1 Å². The van der Waals surface area contributed by atoms with Gasteiger partial charge in [-0.25, -0.2) is 4.98 Å². The van der Waals surface area contributed by atoms with Crippen molar-refractivity contribution >= 4 is 52.3 Å². The van der Waals surface area contributed by atoms with Crippen molar-refractivity contribution in [2.24, 2.45) is 0 Å². The number of phenols is 2. The Morgan fingerprint density at radius 2 is 1.73 bits per heavy atom. The average Bonchev–Trinajstić information content (AvgIpc) is 3.29. The van der Waals surface area contributed by atoms with Crippen LogP contribution in [0.2, 0.25) is 10.0 Å². The minimum atomic E-state index is -1.16. The van der Waals surface area contributed by atoms with E-state index >= 15 is 0 Å². The second kappa shape index (κ2) is 10.7. The van der Waals surface area contributed by atoms with Crippen LogP contribution < -0.4 is 16.0 Å². The molecule has 0 saturated heterocycles. The molecule has 3 aromatic rings. The molecular formula is C21H19Cl2N5O5. The lowest BCUT2D eigenvalue weighted by atomic mass is 10.1. The van der Waals surface area contributed by atoms with Crippen molar-refractivity contribution in [3.8, 4) is 11.5 Å². The molecule has 3 amide bonds. The molecule has 3 rings (SSSR count). The molecule has 0 aliphatic carbocycles. The lowest BCUT2D eigenvalue weighted by Crippen LogP contribution is -2.29. The fourth-order valence-corrected chi connectivity index (χ4v) is 3.27. The molecule has 0 bridgehead atoms. The van der Waals surface area contributed by atoms with Gasteiger partial charge in [-0.3, -0.25) is 14.4 Å². The van der Waals surface area contributed by atoms with E-state index in [0.29, 0.717) is 19.5 Å². The maximum atomic E-state index is 12.4. The Morgan fingerprint density at radius 3 is 2.42 bits per heavy atom. The van der Waals surface area contributed by atoms with Crippen molar-refractivity contribution in [2.75, 3.05) is 17.2 Å². The molecule has 2 aromatic carbocycles. The monoisotopic (exact) mass is 491 g/mol. The van der Waals surface area contributed by atoms with Gasteiger partial charge in [0.05, 0.1) is 22.7 Å². The number of nitrogens with one attached hydrogen (secondary N) is 3. The maximum Gasteiger partial charge on any atom is 0.314 e. The molecule has 1 heterocycles. The quantitative estimate of drug-likeness (QED) is 0.195. The zero-order valence-corrected chi connectivity index (χ0v) is 18.5. The Hall–Kier alpha value is -3.76. The standard InChI is InChI=1S/C21H19Cl2N5O5/c22-13-9-14(23)18(30)16(10-13)27-21(33)20(32)26-15-8-12(2-3-17(15)29)19(31)25-4-1-6-28-7-5-24-11-28/h2-3,5,7-11,29-30H,1,4,6H2,(H,25,31)(H,26,32)(H,27,33). The fourth-order valence-electron chi connectivity index (χ4n) is 2.78. The van der Waals surface area contributed by atoms with Gasteiger partial charge in [0.2, 0.25) is 0 Å². The number of carbonyl (C=O) groups is 3. The minimum Gasteiger partial charge on any atom is -0.506 e. The molecule has 5 N–H and O–H groups in total. The number of amides is 3. The zero-order chi connectivity index (χ0) is 24.0. The summed E-state index contributed by atoms with van der Waals surface area (Å²) in [6.45, 7) is 1.08. The summed E-state index contributed by atoms with van der Waals surface area (Å²) in [7, 11) is 0. The molecule has 0 spiro atoms. The van der Waals surface area contributed by atoms with Crippen molar-refractivity contribution in [3.63, 3.8) is 0 Å². The highest BCUT2D eigenvalue weighted by Gasteiger charge is 2.19. The number of hydrogen-bond donors (Lipinski definition) is 5. The normalized spacial score (nSPS) is 10.5. The summed E-state index contributed by atoms with van der Waals surface area (Å²) in [4.78, 5) is 40.8. The lowest BCUT2D eigenvalue weighted by Gasteiger charge is -2.11. The Kier molecular flexibility index (Phi) is 7.75. The molecule has 0 atom stereocenters. The van der Waals surface area contributed by atoms with E-state index in [0.717, 1.165) is 0 Å². The smallest absolute Gasteiger partial charge is 0.314 e.